The molecule has 32 heavy (non-hydrogen) atoms. The highest BCUT2D eigenvalue weighted by Gasteiger charge is 2.66. The van der Waals surface area contributed by atoms with Crippen LogP contribution < -0.4 is 21.3 Å². The summed E-state index contributed by atoms with van der Waals surface area (Å²) in [4.78, 5) is 50.0. The lowest BCUT2D eigenvalue weighted by Gasteiger charge is -2.37. The van der Waals surface area contributed by atoms with E-state index < -0.39 is 35.0 Å². The van der Waals surface area contributed by atoms with E-state index in [1.165, 1.54) is 12.1 Å². The molecule has 3 aromatic rings. The molecule has 0 radical (unpaired) electrons. The van der Waals surface area contributed by atoms with Gasteiger partial charge >= 0.3 is 12.1 Å². The van der Waals surface area contributed by atoms with E-state index in [2.05, 4.69) is 21.3 Å². The van der Waals surface area contributed by atoms with Gasteiger partial charge in [-0.2, -0.15) is 0 Å². The molecule has 2 saturated heterocycles. The SMILES string of the molecule is O=C1NC2(c3ccccc3)NC(=O)NC2(c2ccc(C(=O)C(=O)c3ccccc3)cc2)N1. The molecule has 0 aromatic heterocycles. The fraction of sp³-hybridized carbons (Fsp3) is 0.0833. The van der Waals surface area contributed by atoms with Gasteiger partial charge in [0.15, 0.2) is 11.3 Å². The van der Waals surface area contributed by atoms with E-state index in [4.69, 9.17) is 0 Å². The fourth-order valence-corrected chi connectivity index (χ4v) is 4.31. The molecule has 2 aliphatic heterocycles. The molecule has 0 unspecified atom stereocenters. The number of benzene rings is 3. The Morgan fingerprint density at radius 3 is 1.34 bits per heavy atom. The van der Waals surface area contributed by atoms with Crippen LogP contribution in [0.25, 0.3) is 0 Å². The van der Waals surface area contributed by atoms with Crippen molar-refractivity contribution in [3.8, 4) is 0 Å². The minimum atomic E-state index is -1.34. The van der Waals surface area contributed by atoms with Crippen LogP contribution in [0, 0.1) is 0 Å². The number of amides is 4. The van der Waals surface area contributed by atoms with Gasteiger partial charge in [0.25, 0.3) is 0 Å². The normalized spacial score (nSPS) is 23.4. The number of ketones is 2. The van der Waals surface area contributed by atoms with Gasteiger partial charge in [0.05, 0.1) is 0 Å². The first-order valence-corrected chi connectivity index (χ1v) is 9.96. The van der Waals surface area contributed by atoms with Crippen LogP contribution in [0.1, 0.15) is 31.8 Å². The van der Waals surface area contributed by atoms with Crippen LogP contribution in [0.4, 0.5) is 9.59 Å². The van der Waals surface area contributed by atoms with Gasteiger partial charge < -0.3 is 21.3 Å². The first-order chi connectivity index (χ1) is 15.4. The van der Waals surface area contributed by atoms with Crippen LogP contribution in [-0.4, -0.2) is 23.6 Å². The largest absolute Gasteiger partial charge is 0.319 e. The summed E-state index contributed by atoms with van der Waals surface area (Å²) in [5, 5.41) is 11.3. The summed E-state index contributed by atoms with van der Waals surface area (Å²) >= 11 is 0. The predicted molar refractivity (Wildman–Crippen MR) is 115 cm³/mol. The third-order valence-electron chi connectivity index (χ3n) is 5.80. The number of Topliss-reactive ketones (excluding diaryl/α,β-unsaturated/α-hetero) is 2. The predicted octanol–water partition coefficient (Wildman–Crippen LogP) is 2.38. The van der Waals surface area contributed by atoms with E-state index in [0.29, 0.717) is 16.7 Å². The van der Waals surface area contributed by atoms with E-state index in [9.17, 15) is 19.2 Å². The van der Waals surface area contributed by atoms with Gasteiger partial charge in [-0.3, -0.25) is 9.59 Å². The standard InChI is InChI=1S/C24H18N4O4/c29-19(15-7-3-1-4-8-15)20(30)16-11-13-18(14-12-16)24-23(25-21(31)27-24,26-22(32)28-24)17-9-5-2-6-10-17/h1-14H,(H2,25,27,31)(H2,26,28,32). The fourth-order valence-electron chi connectivity index (χ4n) is 4.31. The van der Waals surface area contributed by atoms with Gasteiger partial charge in [-0.05, 0) is 0 Å². The smallest absolute Gasteiger partial charge is 0.307 e. The third-order valence-corrected chi connectivity index (χ3v) is 5.80. The van der Waals surface area contributed by atoms with Gasteiger partial charge in [-0.15, -0.1) is 0 Å². The second-order valence-electron chi connectivity index (χ2n) is 7.63. The Balaban J connectivity index is 1.54. The van der Waals surface area contributed by atoms with E-state index in [-0.39, 0.29) is 5.56 Å². The van der Waals surface area contributed by atoms with Crippen molar-refractivity contribution in [2.45, 2.75) is 11.3 Å². The summed E-state index contributed by atoms with van der Waals surface area (Å²) in [6.45, 7) is 0. The van der Waals surface area contributed by atoms with Gasteiger partial charge in [0.1, 0.15) is 0 Å². The summed E-state index contributed by atoms with van der Waals surface area (Å²) in [6.07, 6.45) is 0. The highest BCUT2D eigenvalue weighted by molar-refractivity contribution is 6.49. The second-order valence-corrected chi connectivity index (χ2v) is 7.63. The molecular formula is C24H18N4O4. The van der Waals surface area contributed by atoms with E-state index >= 15 is 0 Å². The zero-order valence-corrected chi connectivity index (χ0v) is 16.7. The highest BCUT2D eigenvalue weighted by atomic mass is 16.2. The van der Waals surface area contributed by atoms with E-state index in [1.807, 2.05) is 6.07 Å². The lowest BCUT2D eigenvalue weighted by atomic mass is 9.82. The number of hydrogen-bond donors (Lipinski definition) is 4. The summed E-state index contributed by atoms with van der Waals surface area (Å²) in [7, 11) is 0. The van der Waals surface area contributed by atoms with Gasteiger partial charge in [0.2, 0.25) is 11.6 Å². The first-order valence-electron chi connectivity index (χ1n) is 9.96. The Morgan fingerprint density at radius 1 is 0.500 bits per heavy atom. The summed E-state index contributed by atoms with van der Waals surface area (Å²) in [6, 6.07) is 22.7. The van der Waals surface area contributed by atoms with Crippen molar-refractivity contribution in [3.63, 3.8) is 0 Å². The maximum Gasteiger partial charge on any atom is 0.319 e. The van der Waals surface area contributed by atoms with Crippen molar-refractivity contribution >= 4 is 23.6 Å². The zero-order chi connectivity index (χ0) is 22.3. The molecule has 8 nitrogen and oxygen atoms in total. The van der Waals surface area contributed by atoms with Crippen LogP contribution in [-0.2, 0) is 11.3 Å². The average Bonchev–Trinajstić information content (AvgIpc) is 3.27. The van der Waals surface area contributed by atoms with Crippen molar-refractivity contribution < 1.29 is 19.2 Å². The maximum absolute atomic E-state index is 12.7. The number of rotatable bonds is 5. The molecule has 2 aliphatic rings. The van der Waals surface area contributed by atoms with Crippen molar-refractivity contribution in [2.24, 2.45) is 0 Å². The number of fused-ring (bicyclic) bond motifs is 1. The number of carbonyl (C=O) groups excluding carboxylic acids is 4. The number of carbonyl (C=O) groups is 4. The molecule has 2 fully saturated rings. The summed E-state index contributed by atoms with van der Waals surface area (Å²) in [5.41, 5.74) is -0.916. The molecule has 158 valence electrons. The number of nitrogens with one attached hydrogen (secondary N) is 4. The average molecular weight is 426 g/mol. The lowest BCUT2D eigenvalue weighted by Crippen LogP contribution is -2.60. The van der Waals surface area contributed by atoms with E-state index in [1.54, 1.807) is 66.7 Å². The first kappa shape index (κ1) is 19.5. The van der Waals surface area contributed by atoms with Gasteiger partial charge in [-0.25, -0.2) is 9.59 Å². The number of urea groups is 2. The van der Waals surface area contributed by atoms with Gasteiger partial charge in [-0.1, -0.05) is 84.9 Å². The minimum Gasteiger partial charge on any atom is -0.307 e. The molecule has 3 aromatic carbocycles. The zero-order valence-electron chi connectivity index (χ0n) is 16.7. The monoisotopic (exact) mass is 426 g/mol. The second kappa shape index (κ2) is 7.05. The minimum absolute atomic E-state index is 0.207. The Hall–Kier alpha value is -4.46. The molecule has 4 amide bonds. The molecule has 0 saturated carbocycles. The molecule has 0 spiro atoms. The van der Waals surface area contributed by atoms with Crippen LogP contribution in [0.5, 0.6) is 0 Å². The maximum atomic E-state index is 12.7. The number of hydrogen-bond acceptors (Lipinski definition) is 4. The Morgan fingerprint density at radius 2 is 0.875 bits per heavy atom. The lowest BCUT2D eigenvalue weighted by molar-refractivity contribution is 0.0817. The van der Waals surface area contributed by atoms with Crippen molar-refractivity contribution in [1.29, 1.82) is 0 Å². The Labute approximate surface area is 183 Å². The van der Waals surface area contributed by atoms with Crippen molar-refractivity contribution in [2.75, 3.05) is 0 Å². The molecule has 4 N–H and O–H groups in total. The topological polar surface area (TPSA) is 116 Å². The van der Waals surface area contributed by atoms with Crippen LogP contribution in [0.2, 0.25) is 0 Å². The molecule has 0 atom stereocenters. The molecule has 2 heterocycles. The Kier molecular flexibility index (Phi) is 4.30. The molecule has 0 bridgehead atoms. The molecule has 8 heteroatoms. The van der Waals surface area contributed by atoms with Crippen LogP contribution >= 0.6 is 0 Å². The third kappa shape index (κ3) is 2.77. The van der Waals surface area contributed by atoms with Crippen molar-refractivity contribution in [1.82, 2.24) is 21.3 Å². The Bertz CT molecular complexity index is 1220. The summed E-state index contributed by atoms with van der Waals surface area (Å²) < 4.78 is 0. The summed E-state index contributed by atoms with van der Waals surface area (Å²) in [5.74, 6) is -1.25. The van der Waals surface area contributed by atoms with E-state index in [0.717, 1.165) is 0 Å². The quantitative estimate of drug-likeness (QED) is 0.370. The van der Waals surface area contributed by atoms with Gasteiger partial charge in [0, 0.05) is 22.3 Å². The molecule has 0 aliphatic carbocycles. The van der Waals surface area contributed by atoms with Crippen LogP contribution in [0.3, 0.4) is 0 Å². The van der Waals surface area contributed by atoms with Crippen molar-refractivity contribution in [3.05, 3.63) is 107 Å². The van der Waals surface area contributed by atoms with Crippen LogP contribution in [0.15, 0.2) is 84.9 Å². The molecule has 5 rings (SSSR count). The molecular weight excluding hydrogens is 408 g/mol. The highest BCUT2D eigenvalue weighted by Crippen LogP contribution is 2.43.